The first-order valence-electron chi connectivity index (χ1n) is 15.6. The summed E-state index contributed by atoms with van der Waals surface area (Å²) in [5.74, 6) is 0.992. The number of hydrogen-bond acceptors (Lipinski definition) is 7. The number of rotatable bonds is 13. The minimum absolute atomic E-state index is 0.126. The van der Waals surface area contributed by atoms with Crippen molar-refractivity contribution in [2.75, 3.05) is 19.0 Å². The van der Waals surface area contributed by atoms with E-state index in [1.807, 2.05) is 6.07 Å². The van der Waals surface area contributed by atoms with Gasteiger partial charge in [0.15, 0.2) is 0 Å². The van der Waals surface area contributed by atoms with Gasteiger partial charge in [-0.1, -0.05) is 6.08 Å². The molecule has 1 atom stereocenters. The fraction of sp³-hybridized carbons (Fsp3) is 0.545. The number of aromatic nitrogens is 2. The lowest BCUT2D eigenvalue weighted by molar-refractivity contribution is -0.134. The molecule has 0 aromatic carbocycles. The van der Waals surface area contributed by atoms with Gasteiger partial charge in [0.1, 0.15) is 23.5 Å². The number of aryl methyl sites for hydroxylation is 2. The smallest absolute Gasteiger partial charge is 0.330 e. The SMILES string of the molecule is COC(=O)/C=C/CC[C@H](NC(=O)c1cc(C#N)cn1C)C(=O)Nc1cccn(CCCNC23CC4CC(CC(C4)C2)C3)c1=O. The van der Waals surface area contributed by atoms with Crippen LogP contribution < -0.4 is 21.5 Å². The van der Waals surface area contributed by atoms with E-state index in [1.54, 1.807) is 36.0 Å². The Kier molecular flexibility index (Phi) is 9.69. The van der Waals surface area contributed by atoms with Gasteiger partial charge in [0, 0.05) is 37.6 Å². The number of hydrogen-bond donors (Lipinski definition) is 3. The summed E-state index contributed by atoms with van der Waals surface area (Å²) in [6, 6.07) is 5.70. The van der Waals surface area contributed by atoms with E-state index in [1.165, 1.54) is 68.5 Å². The summed E-state index contributed by atoms with van der Waals surface area (Å²) in [6.45, 7) is 1.37. The molecule has 2 aromatic rings. The quantitative estimate of drug-likeness (QED) is 0.181. The highest BCUT2D eigenvalue weighted by molar-refractivity contribution is 6.00. The Bertz CT molecular complexity index is 1480. The second-order valence-electron chi connectivity index (χ2n) is 12.8. The van der Waals surface area contributed by atoms with Crippen molar-refractivity contribution in [3.63, 3.8) is 0 Å². The molecule has 3 N–H and O–H groups in total. The number of allylic oxidation sites excluding steroid dienone is 1. The summed E-state index contributed by atoms with van der Waals surface area (Å²) in [5, 5.41) is 18.5. The van der Waals surface area contributed by atoms with Gasteiger partial charge in [-0.05, 0) is 100 Å². The van der Waals surface area contributed by atoms with Crippen LogP contribution in [0.1, 0.15) is 73.8 Å². The zero-order valence-corrected chi connectivity index (χ0v) is 25.5. The molecule has 4 aliphatic rings. The summed E-state index contributed by atoms with van der Waals surface area (Å²) in [4.78, 5) is 51.1. The van der Waals surface area contributed by atoms with E-state index < -0.39 is 23.8 Å². The molecule has 11 heteroatoms. The standard InChI is InChI=1S/C33H42N6O5/c1-38-21-25(20-34)16-28(38)31(42)36-26(7-3-4-9-29(40)44-2)30(41)37-27-8-5-11-39(32(27)43)12-6-10-35-33-17-22-13-23(18-33)15-24(14-22)19-33/h4-5,8-9,11,16,21-24,26,35H,3,6-7,10,12-15,17-19H2,1-2H3,(H,36,42)(H,37,41)/b9-4+/t22?,23?,24?,26-,33?/m0/s1. The highest BCUT2D eigenvalue weighted by Gasteiger charge is 2.50. The lowest BCUT2D eigenvalue weighted by Gasteiger charge is -2.57. The van der Waals surface area contributed by atoms with Crippen molar-refractivity contribution in [1.82, 2.24) is 19.8 Å². The molecule has 6 rings (SSSR count). The zero-order valence-electron chi connectivity index (χ0n) is 25.5. The third kappa shape index (κ3) is 7.30. The topological polar surface area (TPSA) is 147 Å². The van der Waals surface area contributed by atoms with E-state index in [4.69, 9.17) is 0 Å². The van der Waals surface area contributed by atoms with Crippen LogP contribution in [0.2, 0.25) is 0 Å². The number of nitrogens with one attached hydrogen (secondary N) is 3. The van der Waals surface area contributed by atoms with Crippen molar-refractivity contribution in [3.05, 3.63) is 64.4 Å². The number of nitrogens with zero attached hydrogens (tertiary/aromatic N) is 3. The molecule has 2 heterocycles. The minimum Gasteiger partial charge on any atom is -0.466 e. The first-order valence-corrected chi connectivity index (χ1v) is 15.6. The molecule has 44 heavy (non-hydrogen) atoms. The molecular weight excluding hydrogens is 560 g/mol. The number of methoxy groups -OCH3 is 1. The number of pyridine rings is 1. The van der Waals surface area contributed by atoms with Crippen LogP contribution in [0.25, 0.3) is 0 Å². The van der Waals surface area contributed by atoms with Gasteiger partial charge in [0.05, 0.1) is 12.7 Å². The Hall–Kier alpha value is -4.17. The Morgan fingerprint density at radius 2 is 1.89 bits per heavy atom. The lowest BCUT2D eigenvalue weighted by atomic mass is 9.53. The summed E-state index contributed by atoms with van der Waals surface area (Å²) >= 11 is 0. The summed E-state index contributed by atoms with van der Waals surface area (Å²) in [5.41, 5.74) is 0.622. The van der Waals surface area contributed by atoms with Crippen LogP contribution in [0.4, 0.5) is 5.69 Å². The minimum atomic E-state index is -1.01. The number of carbonyl (C=O) groups excluding carboxylic acids is 3. The molecule has 0 radical (unpaired) electrons. The van der Waals surface area contributed by atoms with Gasteiger partial charge >= 0.3 is 5.97 Å². The van der Waals surface area contributed by atoms with Gasteiger partial charge in [-0.3, -0.25) is 14.4 Å². The number of carbonyl (C=O) groups is 3. The molecule has 4 bridgehead atoms. The van der Waals surface area contributed by atoms with Gasteiger partial charge in [-0.25, -0.2) is 4.79 Å². The van der Waals surface area contributed by atoms with Gasteiger partial charge in [0.25, 0.3) is 11.5 Å². The van der Waals surface area contributed by atoms with Crippen molar-refractivity contribution in [1.29, 1.82) is 5.26 Å². The summed E-state index contributed by atoms with van der Waals surface area (Å²) in [7, 11) is 2.90. The number of ether oxygens (including phenoxy) is 1. The first kappa shape index (κ1) is 31.3. The zero-order chi connectivity index (χ0) is 31.3. The lowest BCUT2D eigenvalue weighted by Crippen LogP contribution is -2.58. The predicted molar refractivity (Wildman–Crippen MR) is 165 cm³/mol. The van der Waals surface area contributed by atoms with E-state index in [-0.39, 0.29) is 28.9 Å². The molecule has 0 saturated heterocycles. The van der Waals surface area contributed by atoms with Crippen LogP contribution in [0.5, 0.6) is 0 Å². The van der Waals surface area contributed by atoms with Crippen LogP contribution in [-0.2, 0) is 27.9 Å². The maximum absolute atomic E-state index is 13.4. The van der Waals surface area contributed by atoms with Crippen LogP contribution >= 0.6 is 0 Å². The van der Waals surface area contributed by atoms with Gasteiger partial charge in [-0.2, -0.15) is 5.26 Å². The van der Waals surface area contributed by atoms with Gasteiger partial charge in [0.2, 0.25) is 5.91 Å². The second-order valence-corrected chi connectivity index (χ2v) is 12.8. The van der Waals surface area contributed by atoms with Crippen LogP contribution in [-0.4, -0.2) is 52.2 Å². The molecule has 0 aliphatic heterocycles. The molecule has 0 unspecified atom stereocenters. The van der Waals surface area contributed by atoms with E-state index in [0.717, 1.165) is 30.7 Å². The fourth-order valence-corrected chi connectivity index (χ4v) is 7.82. The molecule has 234 valence electrons. The first-order chi connectivity index (χ1) is 21.2. The van der Waals surface area contributed by atoms with E-state index in [9.17, 15) is 24.4 Å². The molecule has 4 aliphatic carbocycles. The normalized spacial score (nSPS) is 24.2. The Labute approximate surface area is 257 Å². The van der Waals surface area contributed by atoms with E-state index in [2.05, 4.69) is 20.7 Å². The molecular formula is C33H42N6O5. The van der Waals surface area contributed by atoms with Crippen molar-refractivity contribution >= 4 is 23.5 Å². The third-order valence-corrected chi connectivity index (χ3v) is 9.46. The van der Waals surface area contributed by atoms with Gasteiger partial charge < -0.3 is 29.8 Å². The highest BCUT2D eigenvalue weighted by Crippen LogP contribution is 2.55. The Morgan fingerprint density at radius 1 is 1.18 bits per heavy atom. The van der Waals surface area contributed by atoms with Crippen molar-refractivity contribution in [2.24, 2.45) is 24.8 Å². The second kappa shape index (κ2) is 13.6. The van der Waals surface area contributed by atoms with Gasteiger partial charge in [-0.15, -0.1) is 0 Å². The maximum atomic E-state index is 13.4. The van der Waals surface area contributed by atoms with Crippen molar-refractivity contribution in [3.8, 4) is 6.07 Å². The molecule has 4 saturated carbocycles. The molecule has 0 spiro atoms. The van der Waals surface area contributed by atoms with Crippen LogP contribution in [0.15, 0.2) is 47.5 Å². The average molecular weight is 603 g/mol. The van der Waals surface area contributed by atoms with E-state index in [0.29, 0.717) is 18.5 Å². The fourth-order valence-electron chi connectivity index (χ4n) is 7.82. The van der Waals surface area contributed by atoms with Crippen LogP contribution in [0, 0.1) is 29.1 Å². The Morgan fingerprint density at radius 3 is 2.52 bits per heavy atom. The summed E-state index contributed by atoms with van der Waals surface area (Å²) < 4.78 is 7.72. The predicted octanol–water partition coefficient (Wildman–Crippen LogP) is 3.25. The average Bonchev–Trinajstić information content (AvgIpc) is 3.38. The Balaban J connectivity index is 1.20. The molecule has 2 amide bonds. The third-order valence-electron chi connectivity index (χ3n) is 9.46. The number of nitriles is 1. The molecule has 2 aromatic heterocycles. The van der Waals surface area contributed by atoms with Crippen LogP contribution in [0.3, 0.4) is 0 Å². The highest BCUT2D eigenvalue weighted by atomic mass is 16.5. The maximum Gasteiger partial charge on any atom is 0.330 e. The number of anilines is 1. The van der Waals surface area contributed by atoms with Crippen molar-refractivity contribution in [2.45, 2.75) is 75.9 Å². The molecule has 11 nitrogen and oxygen atoms in total. The largest absolute Gasteiger partial charge is 0.466 e. The van der Waals surface area contributed by atoms with E-state index >= 15 is 0 Å². The van der Waals surface area contributed by atoms with Crippen molar-refractivity contribution < 1.29 is 19.1 Å². The monoisotopic (exact) mass is 602 g/mol. The number of esters is 1. The number of amides is 2. The molecule has 4 fully saturated rings. The summed E-state index contributed by atoms with van der Waals surface area (Å²) in [6.07, 6.45) is 15.3.